The lowest BCUT2D eigenvalue weighted by atomic mass is 10.0. The van der Waals surface area contributed by atoms with Crippen LogP contribution < -0.4 is 5.32 Å². The van der Waals surface area contributed by atoms with Crippen molar-refractivity contribution in [2.45, 2.75) is 46.6 Å². The van der Waals surface area contributed by atoms with Gasteiger partial charge in [0.05, 0.1) is 0 Å². The van der Waals surface area contributed by atoms with E-state index in [2.05, 4.69) is 37.5 Å². The number of hydrogen-bond donors (Lipinski definition) is 1. The van der Waals surface area contributed by atoms with Gasteiger partial charge in [0.2, 0.25) is 0 Å². The van der Waals surface area contributed by atoms with Gasteiger partial charge in [0.25, 0.3) is 0 Å². The predicted octanol–water partition coefficient (Wildman–Crippen LogP) is 3.84. The maximum absolute atomic E-state index is 3.57. The van der Waals surface area contributed by atoms with E-state index in [1.807, 2.05) is 11.3 Å². The van der Waals surface area contributed by atoms with Gasteiger partial charge in [0, 0.05) is 11.4 Å². The van der Waals surface area contributed by atoms with Gasteiger partial charge in [0.1, 0.15) is 0 Å². The second kappa shape index (κ2) is 7.02. The molecule has 1 aromatic heterocycles. The van der Waals surface area contributed by atoms with Crippen molar-refractivity contribution in [1.29, 1.82) is 0 Å². The molecule has 0 bridgehead atoms. The average molecular weight is 225 g/mol. The summed E-state index contributed by atoms with van der Waals surface area (Å²) in [5, 5.41) is 5.78. The van der Waals surface area contributed by atoms with Gasteiger partial charge in [-0.1, -0.05) is 33.6 Å². The fourth-order valence-electron chi connectivity index (χ4n) is 1.80. The minimum Gasteiger partial charge on any atom is -0.312 e. The lowest BCUT2D eigenvalue weighted by molar-refractivity contribution is 0.450. The molecular formula is C13H23NS. The molecule has 0 saturated carbocycles. The molecule has 0 atom stereocenters. The molecule has 1 aromatic rings. The van der Waals surface area contributed by atoms with Crippen molar-refractivity contribution in [3.8, 4) is 0 Å². The molecule has 1 rings (SSSR count). The number of aryl methyl sites for hydroxylation is 1. The highest BCUT2D eigenvalue weighted by Crippen LogP contribution is 2.17. The summed E-state index contributed by atoms with van der Waals surface area (Å²) in [6, 6.07) is 2.25. The largest absolute Gasteiger partial charge is 0.312 e. The molecule has 0 spiro atoms. The molecule has 1 heterocycles. The number of thiophene rings is 1. The van der Waals surface area contributed by atoms with E-state index >= 15 is 0 Å². The minimum atomic E-state index is 0.843. The molecular weight excluding hydrogens is 202 g/mol. The van der Waals surface area contributed by atoms with Crippen LogP contribution in [-0.4, -0.2) is 6.54 Å². The van der Waals surface area contributed by atoms with Gasteiger partial charge in [-0.15, -0.1) is 11.3 Å². The van der Waals surface area contributed by atoms with E-state index in [0.717, 1.165) is 25.4 Å². The van der Waals surface area contributed by atoms with E-state index in [9.17, 15) is 0 Å². The van der Waals surface area contributed by atoms with Gasteiger partial charge >= 0.3 is 0 Å². The number of rotatable bonds is 7. The smallest absolute Gasteiger partial charge is 0.0302 e. The van der Waals surface area contributed by atoms with Crippen molar-refractivity contribution in [2.24, 2.45) is 5.92 Å². The quantitative estimate of drug-likeness (QED) is 0.743. The Hall–Kier alpha value is -0.340. The molecule has 1 N–H and O–H groups in total. The van der Waals surface area contributed by atoms with Crippen LogP contribution in [0.25, 0.3) is 0 Å². The third-order valence-electron chi connectivity index (χ3n) is 3.09. The molecule has 0 aliphatic carbocycles. The molecule has 0 fully saturated rings. The van der Waals surface area contributed by atoms with Crippen LogP contribution in [0.1, 0.15) is 44.1 Å². The SMILES string of the molecule is CCc1ccsc1CNCC(CC)CC. The first-order valence-electron chi connectivity index (χ1n) is 6.07. The van der Waals surface area contributed by atoms with E-state index in [1.54, 1.807) is 0 Å². The first kappa shape index (κ1) is 12.7. The van der Waals surface area contributed by atoms with E-state index < -0.39 is 0 Å². The Morgan fingerprint density at radius 2 is 2.00 bits per heavy atom. The molecule has 0 aromatic carbocycles. The topological polar surface area (TPSA) is 12.0 Å². The van der Waals surface area contributed by atoms with Crippen molar-refractivity contribution in [3.05, 3.63) is 21.9 Å². The van der Waals surface area contributed by atoms with Crippen molar-refractivity contribution < 1.29 is 0 Å². The van der Waals surface area contributed by atoms with Gasteiger partial charge in [-0.2, -0.15) is 0 Å². The van der Waals surface area contributed by atoms with E-state index in [0.29, 0.717) is 0 Å². The van der Waals surface area contributed by atoms with Crippen LogP contribution in [-0.2, 0) is 13.0 Å². The minimum absolute atomic E-state index is 0.843. The highest BCUT2D eigenvalue weighted by molar-refractivity contribution is 7.10. The Bertz CT molecular complexity index is 263. The summed E-state index contributed by atoms with van der Waals surface area (Å²) >= 11 is 1.88. The van der Waals surface area contributed by atoms with Crippen LogP contribution in [0.2, 0.25) is 0 Å². The zero-order valence-corrected chi connectivity index (χ0v) is 11.0. The normalized spacial score (nSPS) is 11.2. The molecule has 0 radical (unpaired) electrons. The molecule has 2 heteroatoms. The molecule has 0 aliphatic heterocycles. The van der Waals surface area contributed by atoms with Gasteiger partial charge in [-0.25, -0.2) is 0 Å². The summed E-state index contributed by atoms with van der Waals surface area (Å²) in [5.74, 6) is 0.843. The van der Waals surface area contributed by atoms with Gasteiger partial charge in [-0.3, -0.25) is 0 Å². The standard InChI is InChI=1S/C13H23NS/c1-4-11(5-2)9-14-10-13-12(6-3)7-8-15-13/h7-8,11,14H,4-6,9-10H2,1-3H3. The van der Waals surface area contributed by atoms with Crippen LogP contribution in [0.15, 0.2) is 11.4 Å². The Labute approximate surface area is 97.9 Å². The Kier molecular flexibility index (Phi) is 5.96. The fraction of sp³-hybridized carbons (Fsp3) is 0.692. The molecule has 0 saturated heterocycles. The van der Waals surface area contributed by atoms with E-state index in [-0.39, 0.29) is 0 Å². The van der Waals surface area contributed by atoms with Crippen LogP contribution in [0.3, 0.4) is 0 Å². The maximum Gasteiger partial charge on any atom is 0.0302 e. The van der Waals surface area contributed by atoms with Gasteiger partial charge in [-0.05, 0) is 35.9 Å². The summed E-state index contributed by atoms with van der Waals surface area (Å²) in [6.07, 6.45) is 3.73. The van der Waals surface area contributed by atoms with Crippen LogP contribution in [0, 0.1) is 5.92 Å². The highest BCUT2D eigenvalue weighted by Gasteiger charge is 2.04. The second-order valence-electron chi connectivity index (χ2n) is 4.04. The van der Waals surface area contributed by atoms with Crippen molar-refractivity contribution in [2.75, 3.05) is 6.54 Å². The third-order valence-corrected chi connectivity index (χ3v) is 4.06. The van der Waals surface area contributed by atoms with Crippen LogP contribution in [0.4, 0.5) is 0 Å². The molecule has 0 unspecified atom stereocenters. The summed E-state index contributed by atoms with van der Waals surface area (Å²) in [5.41, 5.74) is 1.51. The van der Waals surface area contributed by atoms with Crippen molar-refractivity contribution in [3.63, 3.8) is 0 Å². The van der Waals surface area contributed by atoms with Crippen LogP contribution >= 0.6 is 11.3 Å². The molecule has 1 nitrogen and oxygen atoms in total. The summed E-state index contributed by atoms with van der Waals surface area (Å²) in [4.78, 5) is 1.52. The predicted molar refractivity (Wildman–Crippen MR) is 69.5 cm³/mol. The van der Waals surface area contributed by atoms with E-state index in [4.69, 9.17) is 0 Å². The lowest BCUT2D eigenvalue weighted by Gasteiger charge is -2.13. The second-order valence-corrected chi connectivity index (χ2v) is 5.04. The highest BCUT2D eigenvalue weighted by atomic mass is 32.1. The maximum atomic E-state index is 3.57. The van der Waals surface area contributed by atoms with Crippen molar-refractivity contribution >= 4 is 11.3 Å². The zero-order chi connectivity index (χ0) is 11.1. The molecule has 86 valence electrons. The van der Waals surface area contributed by atoms with E-state index in [1.165, 1.54) is 23.3 Å². The number of hydrogen-bond acceptors (Lipinski definition) is 2. The molecule has 15 heavy (non-hydrogen) atoms. The van der Waals surface area contributed by atoms with Crippen LogP contribution in [0.5, 0.6) is 0 Å². The molecule has 0 amide bonds. The molecule has 0 aliphatic rings. The lowest BCUT2D eigenvalue weighted by Crippen LogP contribution is -2.21. The first-order valence-corrected chi connectivity index (χ1v) is 6.95. The zero-order valence-electron chi connectivity index (χ0n) is 10.2. The number of nitrogens with one attached hydrogen (secondary N) is 1. The average Bonchev–Trinajstić information content (AvgIpc) is 2.72. The Morgan fingerprint density at radius 1 is 1.27 bits per heavy atom. The fourth-order valence-corrected chi connectivity index (χ4v) is 2.75. The first-order chi connectivity index (χ1) is 7.31. The monoisotopic (exact) mass is 225 g/mol. The van der Waals surface area contributed by atoms with Crippen molar-refractivity contribution in [1.82, 2.24) is 5.32 Å². The summed E-state index contributed by atoms with van der Waals surface area (Å²) < 4.78 is 0. The Morgan fingerprint density at radius 3 is 2.60 bits per heavy atom. The summed E-state index contributed by atoms with van der Waals surface area (Å²) in [7, 11) is 0. The summed E-state index contributed by atoms with van der Waals surface area (Å²) in [6.45, 7) is 8.99. The van der Waals surface area contributed by atoms with Gasteiger partial charge in [0.15, 0.2) is 0 Å². The Balaban J connectivity index is 2.31. The third kappa shape index (κ3) is 3.96. The van der Waals surface area contributed by atoms with Gasteiger partial charge < -0.3 is 5.32 Å².